The fraction of sp³-hybridized carbons (Fsp3) is 0.250. The molecule has 0 atom stereocenters. The van der Waals surface area contributed by atoms with Crippen molar-refractivity contribution in [2.75, 3.05) is 25.5 Å². The van der Waals surface area contributed by atoms with Gasteiger partial charge >= 0.3 is 0 Å². The van der Waals surface area contributed by atoms with Crippen LogP contribution in [0.1, 0.15) is 16.1 Å². The summed E-state index contributed by atoms with van der Waals surface area (Å²) in [7, 11) is 1.78. The number of anilines is 1. The van der Waals surface area contributed by atoms with Gasteiger partial charge in [0.25, 0.3) is 5.91 Å². The highest BCUT2D eigenvalue weighted by molar-refractivity contribution is 5.92. The van der Waals surface area contributed by atoms with Crippen molar-refractivity contribution in [3.8, 4) is 5.75 Å². The van der Waals surface area contributed by atoms with E-state index in [0.29, 0.717) is 31.2 Å². The number of nitrogens with one attached hydrogen (secondary N) is 1. The molecule has 0 unspecified atom stereocenters. The smallest absolute Gasteiger partial charge is 0.272 e. The molecule has 0 fully saturated rings. The Morgan fingerprint density at radius 3 is 2.95 bits per heavy atom. The number of hydrogen-bond donors (Lipinski definition) is 1. The second-order valence-corrected chi connectivity index (χ2v) is 4.84. The zero-order chi connectivity index (χ0) is 14.7. The van der Waals surface area contributed by atoms with Crippen LogP contribution in [0.25, 0.3) is 0 Å². The van der Waals surface area contributed by atoms with Crippen molar-refractivity contribution < 1.29 is 9.53 Å². The molecule has 1 aliphatic heterocycles. The molecule has 1 aliphatic rings. The number of rotatable bonds is 2. The molecule has 2 aromatic rings. The van der Waals surface area contributed by atoms with E-state index in [-0.39, 0.29) is 5.91 Å². The van der Waals surface area contributed by atoms with E-state index in [0.717, 1.165) is 11.3 Å². The van der Waals surface area contributed by atoms with Crippen LogP contribution in [0.3, 0.4) is 0 Å². The van der Waals surface area contributed by atoms with Crippen molar-refractivity contribution in [1.29, 1.82) is 0 Å². The SMILES string of the molecule is CNc1cccc(C(=O)N2CCOc3ccccc3C2)n1. The Morgan fingerprint density at radius 1 is 1.24 bits per heavy atom. The average Bonchev–Trinajstić information content (AvgIpc) is 2.76. The molecule has 0 saturated carbocycles. The van der Waals surface area contributed by atoms with Crippen LogP contribution in [0.15, 0.2) is 42.5 Å². The van der Waals surface area contributed by atoms with Gasteiger partial charge in [0, 0.05) is 19.2 Å². The van der Waals surface area contributed by atoms with Crippen molar-refractivity contribution in [1.82, 2.24) is 9.88 Å². The predicted octanol–water partition coefficient (Wildman–Crippen LogP) is 2.16. The average molecular weight is 283 g/mol. The molecule has 0 spiro atoms. The van der Waals surface area contributed by atoms with E-state index in [1.807, 2.05) is 36.4 Å². The number of amides is 1. The highest BCUT2D eigenvalue weighted by atomic mass is 16.5. The molecule has 108 valence electrons. The number of fused-ring (bicyclic) bond motifs is 1. The molecule has 0 radical (unpaired) electrons. The van der Waals surface area contributed by atoms with E-state index >= 15 is 0 Å². The molecule has 3 rings (SSSR count). The Balaban J connectivity index is 1.84. The lowest BCUT2D eigenvalue weighted by atomic mass is 10.2. The summed E-state index contributed by atoms with van der Waals surface area (Å²) in [5.41, 5.74) is 1.47. The van der Waals surface area contributed by atoms with Crippen molar-refractivity contribution >= 4 is 11.7 Å². The van der Waals surface area contributed by atoms with Gasteiger partial charge < -0.3 is 15.0 Å². The van der Waals surface area contributed by atoms with Gasteiger partial charge in [-0.3, -0.25) is 4.79 Å². The minimum absolute atomic E-state index is 0.0765. The standard InChI is InChI=1S/C16H17N3O2/c1-17-15-8-4-6-13(18-15)16(20)19-9-10-21-14-7-3-2-5-12(14)11-19/h2-8H,9-11H2,1H3,(H,17,18). The number of aromatic nitrogens is 1. The number of ether oxygens (including phenoxy) is 1. The summed E-state index contributed by atoms with van der Waals surface area (Å²) in [5, 5.41) is 2.95. The van der Waals surface area contributed by atoms with Crippen molar-refractivity contribution in [2.45, 2.75) is 6.54 Å². The lowest BCUT2D eigenvalue weighted by Crippen LogP contribution is -2.33. The van der Waals surface area contributed by atoms with Gasteiger partial charge in [-0.05, 0) is 18.2 Å². The molecule has 0 bridgehead atoms. The summed E-state index contributed by atoms with van der Waals surface area (Å²) in [4.78, 5) is 18.7. The quantitative estimate of drug-likeness (QED) is 0.917. The van der Waals surface area contributed by atoms with Crippen molar-refractivity contribution in [3.63, 3.8) is 0 Å². The van der Waals surface area contributed by atoms with Crippen LogP contribution in [0.5, 0.6) is 5.75 Å². The Labute approximate surface area is 123 Å². The first-order chi connectivity index (χ1) is 10.3. The summed E-state index contributed by atoms with van der Waals surface area (Å²) >= 11 is 0. The van der Waals surface area contributed by atoms with E-state index in [4.69, 9.17) is 4.74 Å². The number of para-hydroxylation sites is 1. The minimum atomic E-state index is -0.0765. The fourth-order valence-electron chi connectivity index (χ4n) is 2.35. The fourth-order valence-corrected chi connectivity index (χ4v) is 2.35. The molecular formula is C16H17N3O2. The molecule has 2 heterocycles. The molecular weight excluding hydrogens is 266 g/mol. The van der Waals surface area contributed by atoms with E-state index in [1.165, 1.54) is 0 Å². The highest BCUT2D eigenvalue weighted by Gasteiger charge is 2.21. The molecule has 0 saturated heterocycles. The van der Waals surface area contributed by atoms with Gasteiger partial charge in [0.2, 0.25) is 0 Å². The van der Waals surface area contributed by atoms with Crippen molar-refractivity contribution in [3.05, 3.63) is 53.7 Å². The first kappa shape index (κ1) is 13.4. The summed E-state index contributed by atoms with van der Waals surface area (Å²) in [6.45, 7) is 1.59. The second-order valence-electron chi connectivity index (χ2n) is 4.84. The maximum Gasteiger partial charge on any atom is 0.272 e. The summed E-state index contributed by atoms with van der Waals surface area (Å²) in [6, 6.07) is 13.2. The molecule has 5 nitrogen and oxygen atoms in total. The van der Waals surface area contributed by atoms with Crippen LogP contribution < -0.4 is 10.1 Å². The lowest BCUT2D eigenvalue weighted by Gasteiger charge is -2.19. The minimum Gasteiger partial charge on any atom is -0.491 e. The highest BCUT2D eigenvalue weighted by Crippen LogP contribution is 2.23. The number of nitrogens with zero attached hydrogens (tertiary/aromatic N) is 2. The van der Waals surface area contributed by atoms with Gasteiger partial charge in [0.15, 0.2) is 0 Å². The van der Waals surface area contributed by atoms with E-state index in [1.54, 1.807) is 18.0 Å². The maximum atomic E-state index is 12.6. The van der Waals surface area contributed by atoms with E-state index in [9.17, 15) is 4.79 Å². The van der Waals surface area contributed by atoms with Gasteiger partial charge in [0.05, 0.1) is 6.54 Å². The first-order valence-electron chi connectivity index (χ1n) is 6.93. The summed E-state index contributed by atoms with van der Waals surface area (Å²) < 4.78 is 5.68. The normalized spacial score (nSPS) is 13.9. The monoisotopic (exact) mass is 283 g/mol. The molecule has 1 aromatic carbocycles. The maximum absolute atomic E-state index is 12.6. The van der Waals surface area contributed by atoms with Crippen LogP contribution >= 0.6 is 0 Å². The molecule has 21 heavy (non-hydrogen) atoms. The molecule has 1 amide bonds. The van der Waals surface area contributed by atoms with Gasteiger partial charge in [-0.2, -0.15) is 0 Å². The van der Waals surface area contributed by atoms with Gasteiger partial charge in [-0.25, -0.2) is 4.98 Å². The van der Waals surface area contributed by atoms with Crippen LogP contribution in [0.4, 0.5) is 5.82 Å². The number of carbonyl (C=O) groups excluding carboxylic acids is 1. The van der Waals surface area contributed by atoms with Gasteiger partial charge in [0.1, 0.15) is 23.9 Å². The zero-order valence-corrected chi connectivity index (χ0v) is 11.9. The Morgan fingerprint density at radius 2 is 2.10 bits per heavy atom. The third kappa shape index (κ3) is 2.81. The largest absolute Gasteiger partial charge is 0.491 e. The number of carbonyl (C=O) groups is 1. The van der Waals surface area contributed by atoms with Crippen LogP contribution in [0, 0.1) is 0 Å². The second kappa shape index (κ2) is 5.83. The Bertz CT molecular complexity index is 657. The molecule has 0 aliphatic carbocycles. The van der Waals surface area contributed by atoms with E-state index < -0.39 is 0 Å². The van der Waals surface area contributed by atoms with Gasteiger partial charge in [-0.1, -0.05) is 24.3 Å². The topological polar surface area (TPSA) is 54.5 Å². The number of hydrogen-bond acceptors (Lipinski definition) is 4. The van der Waals surface area contributed by atoms with Crippen LogP contribution in [-0.2, 0) is 6.54 Å². The first-order valence-corrected chi connectivity index (χ1v) is 6.93. The number of pyridine rings is 1. The zero-order valence-electron chi connectivity index (χ0n) is 11.9. The molecule has 5 heteroatoms. The van der Waals surface area contributed by atoms with Crippen LogP contribution in [-0.4, -0.2) is 36.0 Å². The molecule has 1 N–H and O–H groups in total. The van der Waals surface area contributed by atoms with E-state index in [2.05, 4.69) is 10.3 Å². The lowest BCUT2D eigenvalue weighted by molar-refractivity contribution is 0.0727. The van der Waals surface area contributed by atoms with Crippen molar-refractivity contribution in [2.24, 2.45) is 0 Å². The third-order valence-corrected chi connectivity index (χ3v) is 3.46. The predicted molar refractivity (Wildman–Crippen MR) is 80.5 cm³/mol. The summed E-state index contributed by atoms with van der Waals surface area (Å²) in [5.74, 6) is 1.46. The van der Waals surface area contributed by atoms with Gasteiger partial charge in [-0.15, -0.1) is 0 Å². The molecule has 1 aromatic heterocycles. The number of benzene rings is 1. The Hall–Kier alpha value is -2.56. The summed E-state index contributed by atoms with van der Waals surface area (Å²) in [6.07, 6.45) is 0. The third-order valence-electron chi connectivity index (χ3n) is 3.46. The van der Waals surface area contributed by atoms with Crippen LogP contribution in [0.2, 0.25) is 0 Å². The Kier molecular flexibility index (Phi) is 3.73.